The molecule has 1 amide bonds. The van der Waals surface area contributed by atoms with Gasteiger partial charge in [-0.05, 0) is 19.1 Å². The van der Waals surface area contributed by atoms with E-state index in [1.54, 1.807) is 6.20 Å². The fraction of sp³-hybridized carbons (Fsp3) is 0.273. The molecule has 0 saturated heterocycles. The van der Waals surface area contributed by atoms with Crippen molar-refractivity contribution in [3.63, 3.8) is 0 Å². The van der Waals surface area contributed by atoms with Crippen LogP contribution in [0.1, 0.15) is 13.3 Å². The molecule has 2 heterocycles. The lowest BCUT2D eigenvalue weighted by Crippen LogP contribution is -2.24. The number of pyridine rings is 1. The molecule has 2 aromatic heterocycles. The number of amides is 1. The Bertz CT molecular complexity index is 505. The van der Waals surface area contributed by atoms with Gasteiger partial charge in [0.2, 0.25) is 5.91 Å². The quantitative estimate of drug-likeness (QED) is 0.804. The van der Waals surface area contributed by atoms with Gasteiger partial charge in [-0.25, -0.2) is 4.98 Å². The molecule has 84 valence electrons. The average molecular weight is 218 g/mol. The van der Waals surface area contributed by atoms with E-state index < -0.39 is 0 Å². The van der Waals surface area contributed by atoms with Crippen molar-refractivity contribution in [1.82, 2.24) is 9.38 Å². The molecule has 3 N–H and O–H groups in total. The van der Waals surface area contributed by atoms with Crippen LogP contribution in [0.15, 0.2) is 30.6 Å². The van der Waals surface area contributed by atoms with Gasteiger partial charge in [0.1, 0.15) is 11.5 Å². The number of anilines is 1. The number of aromatic nitrogens is 2. The number of hydrogen-bond donors (Lipinski definition) is 2. The van der Waals surface area contributed by atoms with E-state index in [-0.39, 0.29) is 11.9 Å². The molecule has 0 bridgehead atoms. The topological polar surface area (TPSA) is 72.4 Å². The molecule has 0 aromatic carbocycles. The van der Waals surface area contributed by atoms with Crippen LogP contribution in [0.2, 0.25) is 0 Å². The summed E-state index contributed by atoms with van der Waals surface area (Å²) in [5, 5.41) is 3.22. The molecule has 0 aliphatic heterocycles. The van der Waals surface area contributed by atoms with Crippen molar-refractivity contribution < 1.29 is 4.79 Å². The summed E-state index contributed by atoms with van der Waals surface area (Å²) in [5.41, 5.74) is 6.01. The zero-order valence-corrected chi connectivity index (χ0v) is 9.05. The number of nitrogens with two attached hydrogens (primary N) is 1. The summed E-state index contributed by atoms with van der Waals surface area (Å²) in [5.74, 6) is 0.599. The third-order valence-electron chi connectivity index (χ3n) is 2.33. The summed E-state index contributed by atoms with van der Waals surface area (Å²) in [6, 6.07) is 5.78. The Labute approximate surface area is 93.3 Å². The normalized spacial score (nSPS) is 12.6. The van der Waals surface area contributed by atoms with Crippen LogP contribution < -0.4 is 11.1 Å². The number of fused-ring (bicyclic) bond motifs is 1. The summed E-state index contributed by atoms with van der Waals surface area (Å²) >= 11 is 0. The Morgan fingerprint density at radius 3 is 3.19 bits per heavy atom. The standard InChI is InChI=1S/C11H14N4O/c1-8(7-9(12)16)14-11-4-2-3-10-13-5-6-15(10)11/h2-6,8,14H,7H2,1H3,(H2,12,16). The molecule has 16 heavy (non-hydrogen) atoms. The van der Waals surface area contributed by atoms with Gasteiger partial charge in [0.15, 0.2) is 0 Å². The van der Waals surface area contributed by atoms with Crippen LogP contribution in [0, 0.1) is 0 Å². The first-order valence-electron chi connectivity index (χ1n) is 5.14. The zero-order valence-electron chi connectivity index (χ0n) is 9.05. The Morgan fingerprint density at radius 2 is 2.44 bits per heavy atom. The van der Waals surface area contributed by atoms with Crippen molar-refractivity contribution in [1.29, 1.82) is 0 Å². The van der Waals surface area contributed by atoms with E-state index >= 15 is 0 Å². The molecular weight excluding hydrogens is 204 g/mol. The minimum atomic E-state index is -0.308. The summed E-state index contributed by atoms with van der Waals surface area (Å²) < 4.78 is 1.93. The zero-order chi connectivity index (χ0) is 11.5. The molecule has 1 atom stereocenters. The van der Waals surface area contributed by atoms with E-state index in [2.05, 4.69) is 10.3 Å². The number of nitrogens with zero attached hydrogens (tertiary/aromatic N) is 2. The number of hydrogen-bond acceptors (Lipinski definition) is 3. The number of nitrogens with one attached hydrogen (secondary N) is 1. The first kappa shape index (κ1) is 10.5. The van der Waals surface area contributed by atoms with Crippen LogP contribution in [-0.4, -0.2) is 21.3 Å². The van der Waals surface area contributed by atoms with E-state index in [0.29, 0.717) is 6.42 Å². The van der Waals surface area contributed by atoms with Crippen LogP contribution in [0.4, 0.5) is 5.82 Å². The minimum absolute atomic E-state index is 0.00509. The number of rotatable bonds is 4. The van der Waals surface area contributed by atoms with Crippen molar-refractivity contribution in [2.75, 3.05) is 5.32 Å². The van der Waals surface area contributed by atoms with Gasteiger partial charge in [-0.15, -0.1) is 0 Å². The van der Waals surface area contributed by atoms with Crippen molar-refractivity contribution in [3.8, 4) is 0 Å². The molecule has 0 fully saturated rings. The molecule has 5 heteroatoms. The van der Waals surface area contributed by atoms with Crippen LogP contribution in [0.25, 0.3) is 5.65 Å². The molecule has 5 nitrogen and oxygen atoms in total. The molecule has 0 aliphatic rings. The maximum Gasteiger partial charge on any atom is 0.219 e. The summed E-state index contributed by atoms with van der Waals surface area (Å²) in [6.07, 6.45) is 3.92. The molecule has 2 rings (SSSR count). The highest BCUT2D eigenvalue weighted by Gasteiger charge is 2.07. The number of carbonyl (C=O) groups excluding carboxylic acids is 1. The van der Waals surface area contributed by atoms with Crippen LogP contribution in [0.5, 0.6) is 0 Å². The number of primary amides is 1. The van der Waals surface area contributed by atoms with Crippen LogP contribution in [0.3, 0.4) is 0 Å². The summed E-state index contributed by atoms with van der Waals surface area (Å²) in [7, 11) is 0. The maximum atomic E-state index is 10.8. The second-order valence-electron chi connectivity index (χ2n) is 3.78. The highest BCUT2D eigenvalue weighted by molar-refractivity contribution is 5.74. The average Bonchev–Trinajstić information content (AvgIpc) is 2.65. The lowest BCUT2D eigenvalue weighted by Gasteiger charge is -2.14. The second kappa shape index (κ2) is 4.22. The Morgan fingerprint density at radius 1 is 1.62 bits per heavy atom. The van der Waals surface area contributed by atoms with Crippen molar-refractivity contribution >= 4 is 17.4 Å². The number of carbonyl (C=O) groups is 1. The highest BCUT2D eigenvalue weighted by atomic mass is 16.1. The third kappa shape index (κ3) is 2.13. The maximum absolute atomic E-state index is 10.8. The van der Waals surface area contributed by atoms with Gasteiger partial charge in [0.25, 0.3) is 0 Å². The fourth-order valence-corrected chi connectivity index (χ4v) is 1.67. The van der Waals surface area contributed by atoms with Gasteiger partial charge in [0.05, 0.1) is 0 Å². The first-order valence-corrected chi connectivity index (χ1v) is 5.14. The Balaban J connectivity index is 2.20. The van der Waals surface area contributed by atoms with E-state index in [1.807, 2.05) is 35.7 Å². The van der Waals surface area contributed by atoms with Crippen molar-refractivity contribution in [2.45, 2.75) is 19.4 Å². The van der Waals surface area contributed by atoms with Gasteiger partial charge in [-0.2, -0.15) is 0 Å². The predicted molar refractivity (Wildman–Crippen MR) is 62.1 cm³/mol. The van der Waals surface area contributed by atoms with Gasteiger partial charge in [-0.3, -0.25) is 9.20 Å². The fourth-order valence-electron chi connectivity index (χ4n) is 1.67. The van der Waals surface area contributed by atoms with Gasteiger partial charge < -0.3 is 11.1 Å². The lowest BCUT2D eigenvalue weighted by molar-refractivity contribution is -0.118. The Hall–Kier alpha value is -2.04. The van der Waals surface area contributed by atoms with Crippen molar-refractivity contribution in [2.24, 2.45) is 5.73 Å². The molecule has 2 aromatic rings. The van der Waals surface area contributed by atoms with Crippen LogP contribution in [-0.2, 0) is 4.79 Å². The van der Waals surface area contributed by atoms with Gasteiger partial charge in [-0.1, -0.05) is 6.07 Å². The molecule has 0 spiro atoms. The van der Waals surface area contributed by atoms with E-state index in [4.69, 9.17) is 5.73 Å². The van der Waals surface area contributed by atoms with E-state index in [0.717, 1.165) is 11.5 Å². The molecule has 0 radical (unpaired) electrons. The number of imidazole rings is 1. The SMILES string of the molecule is CC(CC(N)=O)Nc1cccc2nccn12. The first-order chi connectivity index (χ1) is 7.66. The predicted octanol–water partition coefficient (Wildman–Crippen LogP) is 1.01. The monoisotopic (exact) mass is 218 g/mol. The molecular formula is C11H14N4O. The Kier molecular flexibility index (Phi) is 2.76. The van der Waals surface area contributed by atoms with Crippen molar-refractivity contribution in [3.05, 3.63) is 30.6 Å². The smallest absolute Gasteiger partial charge is 0.219 e. The summed E-state index contributed by atoms with van der Waals surface area (Å²) in [4.78, 5) is 15.0. The second-order valence-corrected chi connectivity index (χ2v) is 3.78. The molecule has 1 unspecified atom stereocenters. The highest BCUT2D eigenvalue weighted by Crippen LogP contribution is 2.12. The van der Waals surface area contributed by atoms with Gasteiger partial charge >= 0.3 is 0 Å². The van der Waals surface area contributed by atoms with E-state index in [9.17, 15) is 4.79 Å². The minimum Gasteiger partial charge on any atom is -0.370 e. The summed E-state index contributed by atoms with van der Waals surface area (Å²) in [6.45, 7) is 1.92. The third-order valence-corrected chi connectivity index (χ3v) is 2.33. The van der Waals surface area contributed by atoms with Crippen LogP contribution >= 0.6 is 0 Å². The molecule has 0 aliphatic carbocycles. The van der Waals surface area contributed by atoms with Gasteiger partial charge in [0, 0.05) is 24.9 Å². The largest absolute Gasteiger partial charge is 0.370 e. The lowest BCUT2D eigenvalue weighted by atomic mass is 10.2. The van der Waals surface area contributed by atoms with E-state index in [1.165, 1.54) is 0 Å². The molecule has 0 saturated carbocycles.